The van der Waals surface area contributed by atoms with Crippen LogP contribution in [0.25, 0.3) is 0 Å². The summed E-state index contributed by atoms with van der Waals surface area (Å²) in [6.07, 6.45) is 57.5. The predicted octanol–water partition coefficient (Wildman–Crippen LogP) is 16.1. The highest BCUT2D eigenvalue weighted by molar-refractivity contribution is 5.76. The minimum absolute atomic E-state index is 0.0186. The molecular weight excluding hydrogens is 743 g/mol. The lowest BCUT2D eigenvalue weighted by Crippen LogP contribution is -2.45. The van der Waals surface area contributed by atoms with Crippen LogP contribution in [0.3, 0.4) is 0 Å². The van der Waals surface area contributed by atoms with Crippen LogP contribution in [0.1, 0.15) is 296 Å². The largest absolute Gasteiger partial charge is 0.466 e. The van der Waals surface area contributed by atoms with E-state index in [1.807, 2.05) is 0 Å². The molecule has 0 saturated heterocycles. The monoisotopic (exact) mass is 848 g/mol. The lowest BCUT2D eigenvalue weighted by molar-refractivity contribution is -0.143. The zero-order chi connectivity index (χ0) is 43.7. The fourth-order valence-electron chi connectivity index (χ4n) is 8.40. The van der Waals surface area contributed by atoms with Crippen molar-refractivity contribution in [3.63, 3.8) is 0 Å². The number of carbonyl (C=O) groups excluding carboxylic acids is 2. The van der Waals surface area contributed by atoms with Crippen molar-refractivity contribution in [2.45, 2.75) is 309 Å². The van der Waals surface area contributed by atoms with Crippen molar-refractivity contribution in [1.82, 2.24) is 5.32 Å². The van der Waals surface area contributed by atoms with Crippen LogP contribution in [0.2, 0.25) is 0 Å². The second-order valence-electron chi connectivity index (χ2n) is 18.6. The Morgan fingerprint density at radius 2 is 0.783 bits per heavy atom. The minimum Gasteiger partial charge on any atom is -0.466 e. The van der Waals surface area contributed by atoms with E-state index in [0.717, 1.165) is 57.8 Å². The van der Waals surface area contributed by atoms with Gasteiger partial charge in [0.1, 0.15) is 0 Å². The van der Waals surface area contributed by atoms with Crippen molar-refractivity contribution in [2.24, 2.45) is 0 Å². The van der Waals surface area contributed by atoms with E-state index in [9.17, 15) is 19.8 Å². The summed E-state index contributed by atoms with van der Waals surface area (Å²) in [4.78, 5) is 24.5. The topological polar surface area (TPSA) is 95.9 Å². The van der Waals surface area contributed by atoms with E-state index in [1.165, 1.54) is 205 Å². The maximum absolute atomic E-state index is 12.5. The van der Waals surface area contributed by atoms with Gasteiger partial charge in [0.15, 0.2) is 0 Å². The molecule has 1 amide bonds. The maximum Gasteiger partial charge on any atom is 0.305 e. The molecule has 0 aromatic carbocycles. The number of amides is 1. The molecule has 356 valence electrons. The number of rotatable bonds is 50. The highest BCUT2D eigenvalue weighted by atomic mass is 16.5. The van der Waals surface area contributed by atoms with Gasteiger partial charge in [0, 0.05) is 12.8 Å². The number of allylic oxidation sites excluding steroid dienone is 2. The van der Waals surface area contributed by atoms with Gasteiger partial charge in [0.25, 0.3) is 0 Å². The SMILES string of the molecule is CCCCC/C=C\CCCCCCCC(=O)OCCCCCCCCCCCCCCC(=O)NC(CO)C(O)CCCCCCCCCCCCCCCCCCCCC. The number of aliphatic hydroxyl groups excluding tert-OH is 2. The summed E-state index contributed by atoms with van der Waals surface area (Å²) >= 11 is 0. The molecule has 6 heteroatoms. The summed E-state index contributed by atoms with van der Waals surface area (Å²) in [5.74, 6) is -0.0672. The standard InChI is InChI=1S/C54H105NO5/c1-3-5-7-9-11-13-15-17-18-19-20-21-22-23-26-30-34-38-42-46-52(57)51(50-56)55-53(58)47-43-39-35-31-27-24-25-29-33-37-41-45-49-60-54(59)48-44-40-36-32-28-16-14-12-10-8-6-4-2/h12,14,51-52,56-57H,3-11,13,15-50H2,1-2H3,(H,55,58)/b14-12-. The quantitative estimate of drug-likeness (QED) is 0.0322. The highest BCUT2D eigenvalue weighted by Gasteiger charge is 2.20. The van der Waals surface area contributed by atoms with Gasteiger partial charge in [-0.1, -0.05) is 244 Å². The molecule has 0 bridgehead atoms. The number of hydrogen-bond acceptors (Lipinski definition) is 5. The smallest absolute Gasteiger partial charge is 0.305 e. The number of hydrogen-bond donors (Lipinski definition) is 3. The Labute approximate surface area is 374 Å². The molecule has 0 aromatic heterocycles. The molecule has 2 atom stereocenters. The molecule has 0 radical (unpaired) electrons. The minimum atomic E-state index is -0.674. The van der Waals surface area contributed by atoms with Crippen molar-refractivity contribution < 1.29 is 24.5 Å². The third-order valence-corrected chi connectivity index (χ3v) is 12.6. The van der Waals surface area contributed by atoms with Crippen LogP contribution in [0, 0.1) is 0 Å². The average molecular weight is 848 g/mol. The van der Waals surface area contributed by atoms with Crippen LogP contribution in [-0.4, -0.2) is 47.4 Å². The molecule has 0 aliphatic carbocycles. The third-order valence-electron chi connectivity index (χ3n) is 12.6. The summed E-state index contributed by atoms with van der Waals surface area (Å²) in [6.45, 7) is 4.91. The lowest BCUT2D eigenvalue weighted by atomic mass is 10.0. The van der Waals surface area contributed by atoms with E-state index in [-0.39, 0.29) is 18.5 Å². The molecule has 2 unspecified atom stereocenters. The van der Waals surface area contributed by atoms with Gasteiger partial charge in [-0.25, -0.2) is 0 Å². The van der Waals surface area contributed by atoms with Crippen LogP contribution < -0.4 is 5.32 Å². The molecule has 3 N–H and O–H groups in total. The van der Waals surface area contributed by atoms with Crippen LogP contribution in [0.15, 0.2) is 12.2 Å². The number of ether oxygens (including phenoxy) is 1. The van der Waals surface area contributed by atoms with Crippen LogP contribution in [0.4, 0.5) is 0 Å². The predicted molar refractivity (Wildman–Crippen MR) is 260 cm³/mol. The molecule has 0 spiro atoms. The van der Waals surface area contributed by atoms with Crippen LogP contribution in [-0.2, 0) is 14.3 Å². The summed E-state index contributed by atoms with van der Waals surface area (Å²) in [5.41, 5.74) is 0. The molecule has 0 saturated carbocycles. The van der Waals surface area contributed by atoms with Crippen LogP contribution >= 0.6 is 0 Å². The van der Waals surface area contributed by atoms with Gasteiger partial charge in [-0.2, -0.15) is 0 Å². The Hall–Kier alpha value is -1.40. The van der Waals surface area contributed by atoms with Crippen molar-refractivity contribution in [2.75, 3.05) is 13.2 Å². The van der Waals surface area contributed by atoms with E-state index >= 15 is 0 Å². The van der Waals surface area contributed by atoms with E-state index in [2.05, 4.69) is 31.3 Å². The van der Waals surface area contributed by atoms with Crippen molar-refractivity contribution in [3.8, 4) is 0 Å². The van der Waals surface area contributed by atoms with Crippen molar-refractivity contribution in [1.29, 1.82) is 0 Å². The number of nitrogens with one attached hydrogen (secondary N) is 1. The molecule has 60 heavy (non-hydrogen) atoms. The number of carbonyl (C=O) groups is 2. The van der Waals surface area contributed by atoms with Crippen molar-refractivity contribution >= 4 is 11.9 Å². The first-order valence-corrected chi connectivity index (χ1v) is 26.9. The van der Waals surface area contributed by atoms with Crippen LogP contribution in [0.5, 0.6) is 0 Å². The molecule has 0 aromatic rings. The molecule has 0 fully saturated rings. The highest BCUT2D eigenvalue weighted by Crippen LogP contribution is 2.17. The number of unbranched alkanes of at least 4 members (excludes halogenated alkanes) is 37. The summed E-state index contributed by atoms with van der Waals surface area (Å²) in [5, 5.41) is 23.3. The molecule has 0 aliphatic heterocycles. The fraction of sp³-hybridized carbons (Fsp3) is 0.926. The second kappa shape index (κ2) is 50.2. The van der Waals surface area contributed by atoms with E-state index < -0.39 is 12.1 Å². The van der Waals surface area contributed by atoms with Gasteiger partial charge < -0.3 is 20.3 Å². The molecule has 0 aliphatic rings. The average Bonchev–Trinajstić information content (AvgIpc) is 3.25. The Balaban J connectivity index is 3.46. The van der Waals surface area contributed by atoms with Gasteiger partial charge in [0.2, 0.25) is 5.91 Å². The molecule has 0 rings (SSSR count). The fourth-order valence-corrected chi connectivity index (χ4v) is 8.40. The Bertz CT molecular complexity index is 893. The third kappa shape index (κ3) is 46.1. The molecule has 6 nitrogen and oxygen atoms in total. The van der Waals surface area contributed by atoms with Crippen molar-refractivity contribution in [3.05, 3.63) is 12.2 Å². The number of esters is 1. The zero-order valence-electron chi connectivity index (χ0n) is 40.5. The first-order chi connectivity index (χ1) is 29.5. The summed E-state index contributed by atoms with van der Waals surface area (Å²) in [6, 6.07) is -0.553. The van der Waals surface area contributed by atoms with Gasteiger partial charge >= 0.3 is 5.97 Å². The van der Waals surface area contributed by atoms with E-state index in [0.29, 0.717) is 25.9 Å². The van der Waals surface area contributed by atoms with Gasteiger partial charge in [0.05, 0.1) is 25.4 Å². The normalized spacial score (nSPS) is 12.7. The van der Waals surface area contributed by atoms with Gasteiger partial charge in [-0.15, -0.1) is 0 Å². The van der Waals surface area contributed by atoms with E-state index in [4.69, 9.17) is 4.74 Å². The second-order valence-corrected chi connectivity index (χ2v) is 18.6. The Kier molecular flexibility index (Phi) is 49.1. The zero-order valence-corrected chi connectivity index (χ0v) is 40.5. The molecular formula is C54H105NO5. The Morgan fingerprint density at radius 1 is 0.450 bits per heavy atom. The summed E-state index contributed by atoms with van der Waals surface area (Å²) in [7, 11) is 0. The summed E-state index contributed by atoms with van der Waals surface area (Å²) < 4.78 is 5.45. The lowest BCUT2D eigenvalue weighted by Gasteiger charge is -2.22. The maximum atomic E-state index is 12.5. The van der Waals surface area contributed by atoms with Gasteiger partial charge in [-0.3, -0.25) is 9.59 Å². The van der Waals surface area contributed by atoms with E-state index in [1.54, 1.807) is 0 Å². The number of aliphatic hydroxyl groups is 2. The molecule has 0 heterocycles. The first-order valence-electron chi connectivity index (χ1n) is 26.9. The Morgan fingerprint density at radius 3 is 1.22 bits per heavy atom. The van der Waals surface area contributed by atoms with Gasteiger partial charge in [-0.05, 0) is 51.4 Å². The first kappa shape index (κ1) is 58.6.